The molecule has 0 heterocycles. The Morgan fingerprint density at radius 1 is 0.968 bits per heavy atom. The van der Waals surface area contributed by atoms with E-state index in [9.17, 15) is 10.1 Å². The third-order valence-electron chi connectivity index (χ3n) is 4.88. The van der Waals surface area contributed by atoms with E-state index in [1.807, 2.05) is 42.5 Å². The number of benzene rings is 3. The Morgan fingerprint density at radius 2 is 1.68 bits per heavy atom. The lowest BCUT2D eigenvalue weighted by atomic mass is 9.87. The van der Waals surface area contributed by atoms with Crippen molar-refractivity contribution in [3.05, 3.63) is 95.1 Å². The molecule has 0 radical (unpaired) electrons. The molecule has 0 N–H and O–H groups in total. The van der Waals surface area contributed by atoms with Crippen molar-refractivity contribution in [3.63, 3.8) is 0 Å². The number of ether oxygens (including phenoxy) is 2. The zero-order valence-electron chi connectivity index (χ0n) is 18.2. The van der Waals surface area contributed by atoms with Crippen LogP contribution in [0, 0.1) is 11.3 Å². The minimum atomic E-state index is -0.424. The second kappa shape index (κ2) is 9.32. The standard InChI is InChI=1S/C27H25NO3/c1-27(2,3)22-14-12-20(13-15-22)26(29)31-23-9-7-8-19(17-23)16-21(18-28)24-10-5-6-11-25(24)30-4/h5-17H,1-4H3/b21-16-. The van der Waals surface area contributed by atoms with Crippen molar-refractivity contribution in [2.24, 2.45) is 0 Å². The quantitative estimate of drug-likeness (QED) is 0.215. The van der Waals surface area contributed by atoms with Crippen LogP contribution in [0.5, 0.6) is 11.5 Å². The fraction of sp³-hybridized carbons (Fsp3) is 0.185. The summed E-state index contributed by atoms with van der Waals surface area (Å²) in [4.78, 5) is 12.6. The van der Waals surface area contributed by atoms with Crippen molar-refractivity contribution in [1.29, 1.82) is 5.26 Å². The number of allylic oxidation sites excluding steroid dienone is 1. The van der Waals surface area contributed by atoms with Crippen molar-refractivity contribution >= 4 is 17.6 Å². The molecule has 0 saturated carbocycles. The van der Waals surface area contributed by atoms with Crippen LogP contribution in [0.3, 0.4) is 0 Å². The first-order valence-electron chi connectivity index (χ1n) is 10.00. The second-order valence-electron chi connectivity index (χ2n) is 8.16. The topological polar surface area (TPSA) is 59.3 Å². The number of esters is 1. The van der Waals surface area contributed by atoms with E-state index in [2.05, 4.69) is 26.8 Å². The van der Waals surface area contributed by atoms with E-state index >= 15 is 0 Å². The predicted octanol–water partition coefficient (Wildman–Crippen LogP) is 6.28. The van der Waals surface area contributed by atoms with Gasteiger partial charge in [0, 0.05) is 5.56 Å². The van der Waals surface area contributed by atoms with Crippen LogP contribution in [0.25, 0.3) is 11.6 Å². The highest BCUT2D eigenvalue weighted by Gasteiger charge is 2.15. The van der Waals surface area contributed by atoms with Crippen molar-refractivity contribution in [2.45, 2.75) is 26.2 Å². The molecule has 0 fully saturated rings. The average molecular weight is 412 g/mol. The molecule has 0 spiro atoms. The van der Waals surface area contributed by atoms with Crippen LogP contribution in [0.15, 0.2) is 72.8 Å². The van der Waals surface area contributed by atoms with Crippen LogP contribution in [0.2, 0.25) is 0 Å². The summed E-state index contributed by atoms with van der Waals surface area (Å²) in [5.74, 6) is 0.611. The maximum Gasteiger partial charge on any atom is 0.343 e. The Kier molecular flexibility index (Phi) is 6.57. The fourth-order valence-electron chi connectivity index (χ4n) is 3.14. The molecule has 3 aromatic rings. The predicted molar refractivity (Wildman–Crippen MR) is 123 cm³/mol. The molecule has 0 amide bonds. The highest BCUT2D eigenvalue weighted by Crippen LogP contribution is 2.28. The SMILES string of the molecule is COc1ccccc1/C(C#N)=C\c1cccc(OC(=O)c2ccc(C(C)(C)C)cc2)c1. The summed E-state index contributed by atoms with van der Waals surface area (Å²) in [5.41, 5.74) is 3.56. The first kappa shape index (κ1) is 21.9. The van der Waals surface area contributed by atoms with Crippen molar-refractivity contribution in [2.75, 3.05) is 7.11 Å². The van der Waals surface area contributed by atoms with Crippen molar-refractivity contribution in [1.82, 2.24) is 0 Å². The van der Waals surface area contributed by atoms with E-state index in [-0.39, 0.29) is 5.41 Å². The number of rotatable bonds is 5. The highest BCUT2D eigenvalue weighted by atomic mass is 16.5. The van der Waals surface area contributed by atoms with Crippen LogP contribution in [0.4, 0.5) is 0 Å². The largest absolute Gasteiger partial charge is 0.496 e. The summed E-state index contributed by atoms with van der Waals surface area (Å²) in [5, 5.41) is 9.64. The maximum atomic E-state index is 12.6. The van der Waals surface area contributed by atoms with Gasteiger partial charge in [-0.2, -0.15) is 5.26 Å². The van der Waals surface area contributed by atoms with E-state index in [0.717, 1.165) is 11.1 Å². The molecule has 156 valence electrons. The van der Waals surface area contributed by atoms with Crippen LogP contribution < -0.4 is 9.47 Å². The Bertz CT molecular complexity index is 1150. The molecule has 0 bridgehead atoms. The van der Waals surface area contributed by atoms with E-state index in [1.165, 1.54) is 0 Å². The number of carbonyl (C=O) groups is 1. The van der Waals surface area contributed by atoms with E-state index in [1.54, 1.807) is 43.5 Å². The number of nitriles is 1. The van der Waals surface area contributed by atoms with Crippen molar-refractivity contribution in [3.8, 4) is 17.6 Å². The molecule has 4 nitrogen and oxygen atoms in total. The van der Waals surface area contributed by atoms with Gasteiger partial charge in [-0.15, -0.1) is 0 Å². The summed E-state index contributed by atoms with van der Waals surface area (Å²) in [7, 11) is 1.57. The Labute approximate surface area is 183 Å². The zero-order chi connectivity index (χ0) is 22.4. The monoisotopic (exact) mass is 411 g/mol. The van der Waals surface area contributed by atoms with Gasteiger partial charge < -0.3 is 9.47 Å². The molecule has 0 saturated heterocycles. The number of methoxy groups -OCH3 is 1. The average Bonchev–Trinajstić information content (AvgIpc) is 2.77. The van der Waals surface area contributed by atoms with E-state index < -0.39 is 5.97 Å². The lowest BCUT2D eigenvalue weighted by Gasteiger charge is -2.18. The van der Waals surface area contributed by atoms with Crippen LogP contribution in [-0.4, -0.2) is 13.1 Å². The minimum absolute atomic E-state index is 0.0168. The zero-order valence-corrected chi connectivity index (χ0v) is 18.2. The molecule has 0 aliphatic rings. The Hall–Kier alpha value is -3.84. The highest BCUT2D eigenvalue weighted by molar-refractivity contribution is 5.93. The summed E-state index contributed by atoms with van der Waals surface area (Å²) in [6.45, 7) is 6.37. The molecular weight excluding hydrogens is 386 g/mol. The normalized spacial score (nSPS) is 11.5. The summed E-state index contributed by atoms with van der Waals surface area (Å²) >= 11 is 0. The van der Waals surface area contributed by atoms with Gasteiger partial charge in [0.25, 0.3) is 0 Å². The lowest BCUT2D eigenvalue weighted by Crippen LogP contribution is -2.12. The van der Waals surface area contributed by atoms with Gasteiger partial charge in [0.05, 0.1) is 24.3 Å². The first-order chi connectivity index (χ1) is 14.8. The van der Waals surface area contributed by atoms with E-state index in [4.69, 9.17) is 9.47 Å². The number of nitrogens with zero attached hydrogens (tertiary/aromatic N) is 1. The Morgan fingerprint density at radius 3 is 2.32 bits per heavy atom. The molecule has 0 atom stereocenters. The van der Waals surface area contributed by atoms with Gasteiger partial charge >= 0.3 is 5.97 Å². The molecule has 0 aliphatic heterocycles. The number of para-hydroxylation sites is 1. The van der Waals surface area contributed by atoms with Crippen LogP contribution >= 0.6 is 0 Å². The number of carbonyl (C=O) groups excluding carboxylic acids is 1. The van der Waals surface area contributed by atoms with Gasteiger partial charge in [0.2, 0.25) is 0 Å². The minimum Gasteiger partial charge on any atom is -0.496 e. The second-order valence-corrected chi connectivity index (χ2v) is 8.16. The summed E-state index contributed by atoms with van der Waals surface area (Å²) in [6, 6.07) is 24.1. The molecule has 3 rings (SSSR count). The van der Waals surface area contributed by atoms with Gasteiger partial charge in [0.1, 0.15) is 11.5 Å². The van der Waals surface area contributed by atoms with E-state index in [0.29, 0.717) is 28.2 Å². The molecule has 4 heteroatoms. The van der Waals surface area contributed by atoms with Crippen molar-refractivity contribution < 1.29 is 14.3 Å². The molecule has 0 aromatic heterocycles. The lowest BCUT2D eigenvalue weighted by molar-refractivity contribution is 0.0734. The summed E-state index contributed by atoms with van der Waals surface area (Å²) in [6.07, 6.45) is 1.74. The first-order valence-corrected chi connectivity index (χ1v) is 10.00. The van der Waals surface area contributed by atoms with Gasteiger partial charge in [-0.25, -0.2) is 4.79 Å². The third kappa shape index (κ3) is 5.40. The molecule has 31 heavy (non-hydrogen) atoms. The van der Waals surface area contributed by atoms with Gasteiger partial charge in [-0.3, -0.25) is 0 Å². The Balaban J connectivity index is 1.82. The molecule has 3 aromatic carbocycles. The van der Waals surface area contributed by atoms with Crippen LogP contribution in [0.1, 0.15) is 47.8 Å². The van der Waals surface area contributed by atoms with Gasteiger partial charge in [0.15, 0.2) is 0 Å². The number of hydrogen-bond acceptors (Lipinski definition) is 4. The smallest absolute Gasteiger partial charge is 0.343 e. The summed E-state index contributed by atoms with van der Waals surface area (Å²) < 4.78 is 10.9. The molecular formula is C27H25NO3. The van der Waals surface area contributed by atoms with Crippen LogP contribution in [-0.2, 0) is 5.41 Å². The fourth-order valence-corrected chi connectivity index (χ4v) is 3.14. The molecule has 0 unspecified atom stereocenters. The number of hydrogen-bond donors (Lipinski definition) is 0. The molecule has 0 aliphatic carbocycles. The van der Waals surface area contributed by atoms with Gasteiger partial charge in [-0.1, -0.05) is 57.2 Å². The maximum absolute atomic E-state index is 12.6. The third-order valence-corrected chi connectivity index (χ3v) is 4.88. The van der Waals surface area contributed by atoms with Gasteiger partial charge in [-0.05, 0) is 59.0 Å².